The van der Waals surface area contributed by atoms with Crippen molar-refractivity contribution in [1.29, 1.82) is 0 Å². The molecule has 1 aromatic rings. The average Bonchev–Trinajstić information content (AvgIpc) is 2.60. The molecule has 0 aliphatic carbocycles. The molecule has 2 amide bonds. The number of carboxylic acid groups (broad SMARTS) is 1. The van der Waals surface area contributed by atoms with Gasteiger partial charge in [0.15, 0.2) is 0 Å². The summed E-state index contributed by atoms with van der Waals surface area (Å²) in [6.07, 6.45) is 1.22. The summed E-state index contributed by atoms with van der Waals surface area (Å²) in [7, 11) is 2.68. The van der Waals surface area contributed by atoms with Crippen LogP contribution in [0.2, 0.25) is 0 Å². The lowest BCUT2D eigenvalue weighted by atomic mass is 9.99. The highest BCUT2D eigenvalue weighted by Crippen LogP contribution is 2.25. The quantitative estimate of drug-likeness (QED) is 0.813. The molecular formula is C16H20N2O6. The highest BCUT2D eigenvalue weighted by Gasteiger charge is 2.28. The number of carboxylic acids is 1. The average molecular weight is 336 g/mol. The summed E-state index contributed by atoms with van der Waals surface area (Å²) in [5.41, 5.74) is 0.698. The lowest BCUT2D eigenvalue weighted by Crippen LogP contribution is -2.44. The van der Waals surface area contributed by atoms with E-state index < -0.39 is 17.9 Å². The fourth-order valence-electron chi connectivity index (χ4n) is 2.61. The standard InChI is InChI=1S/C16H20N2O6/c1-23-13-8-11(5-6-12(13)15(21)24-2)17-16(22)18-7-3-4-10(9-18)14(19)20/h5-6,8,10H,3-4,7,9H2,1-2H3,(H,17,22)(H,19,20). The Morgan fingerprint density at radius 1 is 1.29 bits per heavy atom. The topological polar surface area (TPSA) is 105 Å². The summed E-state index contributed by atoms with van der Waals surface area (Å²) in [5, 5.41) is 11.8. The van der Waals surface area contributed by atoms with Gasteiger partial charge in [0.05, 0.1) is 20.1 Å². The maximum atomic E-state index is 12.3. The van der Waals surface area contributed by atoms with Gasteiger partial charge in [0.1, 0.15) is 11.3 Å². The molecule has 0 radical (unpaired) electrons. The Morgan fingerprint density at radius 2 is 2.04 bits per heavy atom. The molecule has 1 heterocycles. The Hall–Kier alpha value is -2.77. The van der Waals surface area contributed by atoms with Gasteiger partial charge in [0.25, 0.3) is 0 Å². The second kappa shape index (κ2) is 7.67. The lowest BCUT2D eigenvalue weighted by molar-refractivity contribution is -0.143. The van der Waals surface area contributed by atoms with Gasteiger partial charge in [0.2, 0.25) is 0 Å². The normalized spacial score (nSPS) is 17.1. The fourth-order valence-corrected chi connectivity index (χ4v) is 2.61. The molecule has 2 N–H and O–H groups in total. The van der Waals surface area contributed by atoms with Gasteiger partial charge in [-0.25, -0.2) is 9.59 Å². The molecule has 1 unspecified atom stereocenters. The number of amides is 2. The molecule has 1 atom stereocenters. The molecule has 24 heavy (non-hydrogen) atoms. The number of likely N-dealkylation sites (tertiary alicyclic amines) is 1. The summed E-state index contributed by atoms with van der Waals surface area (Å²) in [6, 6.07) is 4.19. The summed E-state index contributed by atoms with van der Waals surface area (Å²) in [5.74, 6) is -1.69. The maximum absolute atomic E-state index is 12.3. The minimum atomic E-state index is -0.892. The van der Waals surface area contributed by atoms with Gasteiger partial charge in [-0.3, -0.25) is 4.79 Å². The van der Waals surface area contributed by atoms with Gasteiger partial charge in [-0.2, -0.15) is 0 Å². The van der Waals surface area contributed by atoms with Crippen LogP contribution in [0.5, 0.6) is 5.75 Å². The van der Waals surface area contributed by atoms with E-state index >= 15 is 0 Å². The Balaban J connectivity index is 2.08. The smallest absolute Gasteiger partial charge is 0.341 e. The second-order valence-corrected chi connectivity index (χ2v) is 5.46. The number of nitrogens with one attached hydrogen (secondary N) is 1. The molecule has 130 valence electrons. The fraction of sp³-hybridized carbons (Fsp3) is 0.438. The molecule has 2 rings (SSSR count). The van der Waals surface area contributed by atoms with E-state index in [9.17, 15) is 14.4 Å². The number of urea groups is 1. The number of ether oxygens (including phenoxy) is 2. The van der Waals surface area contributed by atoms with Crippen molar-refractivity contribution < 1.29 is 29.0 Å². The summed E-state index contributed by atoms with van der Waals surface area (Å²) >= 11 is 0. The van der Waals surface area contributed by atoms with Crippen molar-refractivity contribution in [2.24, 2.45) is 5.92 Å². The van der Waals surface area contributed by atoms with E-state index in [1.165, 1.54) is 31.3 Å². The number of methoxy groups -OCH3 is 2. The number of hydrogen-bond donors (Lipinski definition) is 2. The van der Waals surface area contributed by atoms with Crippen molar-refractivity contribution in [3.8, 4) is 5.75 Å². The molecule has 0 spiro atoms. The number of benzene rings is 1. The molecular weight excluding hydrogens is 316 g/mol. The van der Waals surface area contributed by atoms with Crippen molar-refractivity contribution in [3.05, 3.63) is 23.8 Å². The zero-order chi connectivity index (χ0) is 17.7. The Morgan fingerprint density at radius 3 is 2.67 bits per heavy atom. The molecule has 1 fully saturated rings. The summed E-state index contributed by atoms with van der Waals surface area (Å²) in [4.78, 5) is 36.5. The number of carbonyl (C=O) groups excluding carboxylic acids is 2. The van der Waals surface area contributed by atoms with Crippen LogP contribution in [0.3, 0.4) is 0 Å². The van der Waals surface area contributed by atoms with Crippen LogP contribution in [0.4, 0.5) is 10.5 Å². The zero-order valence-corrected chi connectivity index (χ0v) is 13.6. The third kappa shape index (κ3) is 3.95. The van der Waals surface area contributed by atoms with Gasteiger partial charge < -0.3 is 24.8 Å². The number of carbonyl (C=O) groups is 3. The summed E-state index contributed by atoms with van der Waals surface area (Å²) in [6.45, 7) is 0.686. The summed E-state index contributed by atoms with van der Waals surface area (Å²) < 4.78 is 9.80. The van der Waals surface area contributed by atoms with Gasteiger partial charge in [-0.15, -0.1) is 0 Å². The van der Waals surface area contributed by atoms with Crippen LogP contribution in [0.1, 0.15) is 23.2 Å². The number of esters is 1. The van der Waals surface area contributed by atoms with Crippen LogP contribution < -0.4 is 10.1 Å². The van der Waals surface area contributed by atoms with E-state index in [4.69, 9.17) is 9.84 Å². The van der Waals surface area contributed by atoms with Crippen LogP contribution in [0.15, 0.2) is 18.2 Å². The predicted molar refractivity (Wildman–Crippen MR) is 85.3 cm³/mol. The predicted octanol–water partition coefficient (Wildman–Crippen LogP) is 1.81. The van der Waals surface area contributed by atoms with E-state index in [1.54, 1.807) is 6.07 Å². The number of piperidine rings is 1. The largest absolute Gasteiger partial charge is 0.496 e. The van der Waals surface area contributed by atoms with Crippen LogP contribution >= 0.6 is 0 Å². The van der Waals surface area contributed by atoms with Crippen LogP contribution in [-0.4, -0.2) is 55.3 Å². The molecule has 8 heteroatoms. The second-order valence-electron chi connectivity index (χ2n) is 5.46. The van der Waals surface area contributed by atoms with E-state index in [0.29, 0.717) is 25.1 Å². The van der Waals surface area contributed by atoms with E-state index in [0.717, 1.165) is 0 Å². The first kappa shape index (κ1) is 17.6. The SMILES string of the molecule is COC(=O)c1ccc(NC(=O)N2CCCC(C(=O)O)C2)cc1OC. The molecule has 1 aromatic carbocycles. The van der Waals surface area contributed by atoms with Crippen LogP contribution in [-0.2, 0) is 9.53 Å². The first-order valence-electron chi connectivity index (χ1n) is 7.51. The number of nitrogens with zero attached hydrogens (tertiary/aromatic N) is 1. The van der Waals surface area contributed by atoms with Crippen molar-refractivity contribution >= 4 is 23.7 Å². The molecule has 1 aliphatic rings. The molecule has 0 aromatic heterocycles. The Bertz CT molecular complexity index is 645. The number of hydrogen-bond acceptors (Lipinski definition) is 5. The van der Waals surface area contributed by atoms with Gasteiger partial charge in [-0.1, -0.05) is 0 Å². The highest BCUT2D eigenvalue weighted by molar-refractivity contribution is 5.95. The minimum absolute atomic E-state index is 0.179. The van der Waals surface area contributed by atoms with Crippen molar-refractivity contribution in [2.45, 2.75) is 12.8 Å². The van der Waals surface area contributed by atoms with Crippen molar-refractivity contribution in [2.75, 3.05) is 32.6 Å². The van der Waals surface area contributed by atoms with Crippen molar-refractivity contribution in [3.63, 3.8) is 0 Å². The molecule has 8 nitrogen and oxygen atoms in total. The highest BCUT2D eigenvalue weighted by atomic mass is 16.5. The van der Waals surface area contributed by atoms with Gasteiger partial charge in [0, 0.05) is 24.8 Å². The van der Waals surface area contributed by atoms with Gasteiger partial charge >= 0.3 is 18.0 Å². The third-order valence-electron chi connectivity index (χ3n) is 3.92. The molecule has 0 bridgehead atoms. The lowest BCUT2D eigenvalue weighted by Gasteiger charge is -2.30. The Kier molecular flexibility index (Phi) is 5.62. The van der Waals surface area contributed by atoms with E-state index in [2.05, 4.69) is 10.1 Å². The minimum Gasteiger partial charge on any atom is -0.496 e. The first-order valence-corrected chi connectivity index (χ1v) is 7.51. The number of rotatable bonds is 4. The third-order valence-corrected chi connectivity index (χ3v) is 3.92. The molecule has 0 saturated carbocycles. The van der Waals surface area contributed by atoms with Crippen LogP contribution in [0, 0.1) is 5.92 Å². The Labute approximate surface area is 139 Å². The first-order chi connectivity index (χ1) is 11.5. The maximum Gasteiger partial charge on any atom is 0.341 e. The molecule has 1 saturated heterocycles. The zero-order valence-electron chi connectivity index (χ0n) is 13.6. The van der Waals surface area contributed by atoms with Crippen LogP contribution in [0.25, 0.3) is 0 Å². The monoisotopic (exact) mass is 336 g/mol. The van der Waals surface area contributed by atoms with E-state index in [1.807, 2.05) is 0 Å². The number of aliphatic carboxylic acids is 1. The van der Waals surface area contributed by atoms with Gasteiger partial charge in [-0.05, 0) is 25.0 Å². The van der Waals surface area contributed by atoms with E-state index in [-0.39, 0.29) is 23.9 Å². The van der Waals surface area contributed by atoms with Crippen molar-refractivity contribution in [1.82, 2.24) is 4.90 Å². The molecule has 1 aliphatic heterocycles. The number of anilines is 1.